The summed E-state index contributed by atoms with van der Waals surface area (Å²) in [5, 5.41) is 15.5. The molecule has 1 saturated heterocycles. The Morgan fingerprint density at radius 3 is 2.44 bits per heavy atom. The number of nitrogens with one attached hydrogen (secondary N) is 1. The van der Waals surface area contributed by atoms with Gasteiger partial charge in [0, 0.05) is 9.95 Å². The molecule has 0 saturated carbocycles. The van der Waals surface area contributed by atoms with E-state index in [4.69, 9.17) is 16.3 Å². The summed E-state index contributed by atoms with van der Waals surface area (Å²) in [5.41, 5.74) is 1.39. The number of methoxy groups -OCH3 is 1. The van der Waals surface area contributed by atoms with E-state index in [1.54, 1.807) is 48.5 Å². The van der Waals surface area contributed by atoms with E-state index in [1.807, 2.05) is 6.07 Å². The molecule has 6 nitrogen and oxygen atoms in total. The molecule has 3 rings (SSSR count). The highest BCUT2D eigenvalue weighted by Crippen LogP contribution is 2.40. The van der Waals surface area contributed by atoms with Crippen molar-refractivity contribution in [2.45, 2.75) is 24.0 Å². The number of nitro groups is 1. The van der Waals surface area contributed by atoms with Crippen molar-refractivity contribution >= 4 is 17.6 Å². The summed E-state index contributed by atoms with van der Waals surface area (Å²) in [4.78, 5) is 23.8. The van der Waals surface area contributed by atoms with Gasteiger partial charge >= 0.3 is 5.97 Å². The van der Waals surface area contributed by atoms with Gasteiger partial charge in [0.05, 0.1) is 13.0 Å². The monoisotopic (exact) mass is 360 g/mol. The van der Waals surface area contributed by atoms with Crippen molar-refractivity contribution in [3.63, 3.8) is 0 Å². The van der Waals surface area contributed by atoms with Gasteiger partial charge in [0.15, 0.2) is 0 Å². The minimum absolute atomic E-state index is 0.334. The standard InChI is InChI=1S/C18H17ClN2O4/c1-25-18(22)16-14(11-6-3-2-4-7-11)17(21(23)24)15(20-16)12-8-5-9-13(19)10-12/h2-10,14-17,20H,1H3/t14-,15-,16-,17+/m1/s1. The average Bonchev–Trinajstić information content (AvgIpc) is 3.02. The lowest BCUT2D eigenvalue weighted by Crippen LogP contribution is -2.37. The van der Waals surface area contributed by atoms with E-state index in [9.17, 15) is 14.9 Å². The Hall–Kier alpha value is -2.44. The maximum atomic E-state index is 12.3. The highest BCUT2D eigenvalue weighted by Gasteiger charge is 2.54. The molecule has 0 amide bonds. The Bertz CT molecular complexity index is 784. The minimum atomic E-state index is -1.02. The Morgan fingerprint density at radius 2 is 1.84 bits per heavy atom. The second-order valence-electron chi connectivity index (χ2n) is 5.91. The molecule has 0 spiro atoms. The molecule has 2 aromatic carbocycles. The molecule has 0 bridgehead atoms. The zero-order valence-electron chi connectivity index (χ0n) is 13.5. The summed E-state index contributed by atoms with van der Waals surface area (Å²) in [7, 11) is 1.28. The third-order valence-electron chi connectivity index (χ3n) is 4.52. The van der Waals surface area contributed by atoms with Gasteiger partial charge in [-0.2, -0.15) is 0 Å². The lowest BCUT2D eigenvalue weighted by molar-refractivity contribution is -0.527. The first-order valence-corrected chi connectivity index (χ1v) is 8.18. The maximum absolute atomic E-state index is 12.3. The normalized spacial score (nSPS) is 25.5. The van der Waals surface area contributed by atoms with Gasteiger partial charge in [0.25, 0.3) is 0 Å². The van der Waals surface area contributed by atoms with Gasteiger partial charge in [-0.05, 0) is 23.3 Å². The van der Waals surface area contributed by atoms with Crippen LogP contribution < -0.4 is 5.32 Å². The molecule has 1 fully saturated rings. The van der Waals surface area contributed by atoms with E-state index in [1.165, 1.54) is 7.11 Å². The third kappa shape index (κ3) is 3.36. The van der Waals surface area contributed by atoms with E-state index < -0.39 is 30.0 Å². The number of ether oxygens (including phenoxy) is 1. The fraction of sp³-hybridized carbons (Fsp3) is 0.278. The van der Waals surface area contributed by atoms with Crippen LogP contribution in [0.4, 0.5) is 0 Å². The number of hydrogen-bond acceptors (Lipinski definition) is 5. The minimum Gasteiger partial charge on any atom is -0.468 e. The van der Waals surface area contributed by atoms with Crippen LogP contribution in [0.25, 0.3) is 0 Å². The number of carbonyl (C=O) groups excluding carboxylic acids is 1. The number of esters is 1. The second-order valence-corrected chi connectivity index (χ2v) is 6.35. The van der Waals surface area contributed by atoms with Crippen LogP contribution in [0.1, 0.15) is 23.1 Å². The average molecular weight is 361 g/mol. The number of carbonyl (C=O) groups is 1. The summed E-state index contributed by atoms with van der Waals surface area (Å²) < 4.78 is 4.87. The quantitative estimate of drug-likeness (QED) is 0.515. The number of nitrogens with zero attached hydrogens (tertiary/aromatic N) is 1. The van der Waals surface area contributed by atoms with Crippen LogP contribution in [0.5, 0.6) is 0 Å². The largest absolute Gasteiger partial charge is 0.468 e. The molecule has 0 aliphatic carbocycles. The van der Waals surface area contributed by atoms with Crippen molar-refractivity contribution in [3.8, 4) is 0 Å². The molecule has 1 aliphatic rings. The lowest BCUT2D eigenvalue weighted by Gasteiger charge is -2.19. The van der Waals surface area contributed by atoms with Crippen LogP contribution in [0.2, 0.25) is 5.02 Å². The highest BCUT2D eigenvalue weighted by atomic mass is 35.5. The maximum Gasteiger partial charge on any atom is 0.323 e. The molecule has 0 radical (unpaired) electrons. The lowest BCUT2D eigenvalue weighted by atomic mass is 9.85. The van der Waals surface area contributed by atoms with Gasteiger partial charge in [0.1, 0.15) is 12.1 Å². The van der Waals surface area contributed by atoms with Crippen LogP contribution in [-0.4, -0.2) is 30.1 Å². The molecule has 2 aromatic rings. The Labute approximate surface area is 149 Å². The van der Waals surface area contributed by atoms with Crippen molar-refractivity contribution in [3.05, 3.63) is 80.9 Å². The van der Waals surface area contributed by atoms with E-state index in [0.717, 1.165) is 5.56 Å². The second kappa shape index (κ2) is 7.21. The SMILES string of the molecule is COC(=O)[C@@H]1N[C@H](c2cccc(Cl)c2)[C@@H]([N+](=O)[O-])[C@@H]1c1ccccc1. The van der Waals surface area contributed by atoms with Crippen LogP contribution >= 0.6 is 11.6 Å². The molecule has 4 atom stereocenters. The molecule has 0 unspecified atom stereocenters. The van der Waals surface area contributed by atoms with Crippen molar-refractivity contribution in [1.29, 1.82) is 0 Å². The molecular weight excluding hydrogens is 344 g/mol. The molecule has 7 heteroatoms. The number of benzene rings is 2. The first-order chi connectivity index (χ1) is 12.0. The van der Waals surface area contributed by atoms with E-state index in [0.29, 0.717) is 10.6 Å². The van der Waals surface area contributed by atoms with Crippen LogP contribution in [0, 0.1) is 10.1 Å². The van der Waals surface area contributed by atoms with Gasteiger partial charge in [-0.1, -0.05) is 54.1 Å². The van der Waals surface area contributed by atoms with Gasteiger partial charge in [-0.3, -0.25) is 20.2 Å². The van der Waals surface area contributed by atoms with Gasteiger partial charge in [0.2, 0.25) is 6.04 Å². The topological polar surface area (TPSA) is 81.5 Å². The highest BCUT2D eigenvalue weighted by molar-refractivity contribution is 6.30. The number of halogens is 1. The Kier molecular flexibility index (Phi) is 5.01. The molecular formula is C18H17ClN2O4. The molecule has 1 N–H and O–H groups in total. The van der Waals surface area contributed by atoms with Crippen LogP contribution in [0.15, 0.2) is 54.6 Å². The van der Waals surface area contributed by atoms with Crippen LogP contribution in [0.3, 0.4) is 0 Å². The zero-order valence-corrected chi connectivity index (χ0v) is 14.2. The summed E-state index contributed by atoms with van der Waals surface area (Å²) >= 11 is 6.04. The van der Waals surface area contributed by atoms with Crippen LogP contribution in [-0.2, 0) is 9.53 Å². The fourth-order valence-corrected chi connectivity index (χ4v) is 3.65. The Balaban J connectivity index is 2.09. The molecule has 130 valence electrons. The van der Waals surface area contributed by atoms with Crippen molar-refractivity contribution in [2.75, 3.05) is 7.11 Å². The molecule has 25 heavy (non-hydrogen) atoms. The predicted octanol–water partition coefficient (Wildman–Crippen LogP) is 2.96. The zero-order chi connectivity index (χ0) is 18.0. The summed E-state index contributed by atoms with van der Waals surface area (Å²) in [6.07, 6.45) is 0. The summed E-state index contributed by atoms with van der Waals surface area (Å²) in [6, 6.07) is 13.4. The number of rotatable bonds is 4. The van der Waals surface area contributed by atoms with Crippen molar-refractivity contribution < 1.29 is 14.5 Å². The first-order valence-electron chi connectivity index (χ1n) is 7.80. The predicted molar refractivity (Wildman–Crippen MR) is 93.1 cm³/mol. The van der Waals surface area contributed by atoms with E-state index in [-0.39, 0.29) is 4.92 Å². The van der Waals surface area contributed by atoms with E-state index in [2.05, 4.69) is 5.32 Å². The van der Waals surface area contributed by atoms with E-state index >= 15 is 0 Å². The third-order valence-corrected chi connectivity index (χ3v) is 4.75. The summed E-state index contributed by atoms with van der Waals surface area (Å²) in [5.74, 6) is -1.17. The number of hydrogen-bond donors (Lipinski definition) is 1. The molecule has 0 aromatic heterocycles. The van der Waals surface area contributed by atoms with Gasteiger partial charge < -0.3 is 4.74 Å². The van der Waals surface area contributed by atoms with Gasteiger partial charge in [-0.15, -0.1) is 0 Å². The smallest absolute Gasteiger partial charge is 0.323 e. The fourth-order valence-electron chi connectivity index (χ4n) is 3.45. The van der Waals surface area contributed by atoms with Crippen molar-refractivity contribution in [2.24, 2.45) is 0 Å². The van der Waals surface area contributed by atoms with Crippen molar-refractivity contribution in [1.82, 2.24) is 5.32 Å². The van der Waals surface area contributed by atoms with Gasteiger partial charge in [-0.25, -0.2) is 0 Å². The summed E-state index contributed by atoms with van der Waals surface area (Å²) in [6.45, 7) is 0. The molecule has 1 heterocycles. The molecule has 1 aliphatic heterocycles. The first kappa shape index (κ1) is 17.4. The Morgan fingerprint density at radius 1 is 1.16 bits per heavy atom.